The first-order valence-electron chi connectivity index (χ1n) is 12.1. The van der Waals surface area contributed by atoms with Crippen LogP contribution >= 0.6 is 0 Å². The van der Waals surface area contributed by atoms with E-state index in [9.17, 15) is 9.59 Å². The molecule has 2 N–H and O–H groups in total. The van der Waals surface area contributed by atoms with Crippen molar-refractivity contribution in [1.29, 1.82) is 0 Å². The Morgan fingerprint density at radius 1 is 1.12 bits per heavy atom. The molecular formula is C26H32N4O4. The molecule has 5 rings (SSSR count). The van der Waals surface area contributed by atoms with Gasteiger partial charge in [-0.1, -0.05) is 12.1 Å². The lowest BCUT2D eigenvalue weighted by atomic mass is 9.85. The molecule has 3 aromatic rings. The van der Waals surface area contributed by atoms with Crippen molar-refractivity contribution in [2.75, 3.05) is 43.6 Å². The van der Waals surface area contributed by atoms with Gasteiger partial charge in [-0.25, -0.2) is 4.79 Å². The Bertz CT molecular complexity index is 1230. The zero-order chi connectivity index (χ0) is 23.7. The highest BCUT2D eigenvalue weighted by atomic mass is 16.5. The fourth-order valence-corrected chi connectivity index (χ4v) is 5.30. The minimum Gasteiger partial charge on any atom is -0.496 e. The van der Waals surface area contributed by atoms with Crippen LogP contribution in [-0.2, 0) is 9.53 Å². The molecule has 1 aromatic heterocycles. The van der Waals surface area contributed by atoms with E-state index in [1.807, 2.05) is 41.8 Å². The number of benzene rings is 2. The molecule has 2 fully saturated rings. The van der Waals surface area contributed by atoms with E-state index < -0.39 is 0 Å². The maximum atomic E-state index is 13.0. The Balaban J connectivity index is 1.29. The van der Waals surface area contributed by atoms with Gasteiger partial charge in [-0.15, -0.1) is 0 Å². The largest absolute Gasteiger partial charge is 0.496 e. The summed E-state index contributed by atoms with van der Waals surface area (Å²) in [5.41, 5.74) is 4.59. The molecule has 1 saturated carbocycles. The van der Waals surface area contributed by atoms with Crippen LogP contribution in [0.15, 0.2) is 41.2 Å². The number of H-pyrrole nitrogens is 1. The number of carbonyl (C=O) groups excluding carboxylic acids is 1. The van der Waals surface area contributed by atoms with Crippen molar-refractivity contribution in [3.63, 3.8) is 0 Å². The number of nitrogens with zero attached hydrogens (tertiary/aromatic N) is 2. The average molecular weight is 465 g/mol. The van der Waals surface area contributed by atoms with E-state index in [4.69, 9.17) is 9.47 Å². The van der Waals surface area contributed by atoms with E-state index >= 15 is 0 Å². The molecular weight excluding hydrogens is 432 g/mol. The van der Waals surface area contributed by atoms with Crippen LogP contribution < -0.4 is 20.6 Å². The Morgan fingerprint density at radius 3 is 2.62 bits per heavy atom. The van der Waals surface area contributed by atoms with E-state index in [1.165, 1.54) is 0 Å². The Kier molecular flexibility index (Phi) is 6.32. The standard InChI is InChI=1S/C26H32N4O4/c1-17-6-9-19(16-23(17)33-2)27-25(31)18-7-10-20(11-8-18)30-22-5-3-4-21(24(22)28-26(30)32)29-12-14-34-15-13-29/h3-6,9,16,18,20H,7-8,10-15H2,1-2H3,(H,27,31)(H,28,32)/t18-,20+. The molecule has 0 spiro atoms. The number of anilines is 2. The fourth-order valence-electron chi connectivity index (χ4n) is 5.30. The molecule has 2 aromatic carbocycles. The zero-order valence-corrected chi connectivity index (χ0v) is 19.8. The summed E-state index contributed by atoms with van der Waals surface area (Å²) in [4.78, 5) is 31.3. The van der Waals surface area contributed by atoms with E-state index in [0.717, 1.165) is 72.5 Å². The lowest BCUT2D eigenvalue weighted by molar-refractivity contribution is -0.121. The molecule has 8 nitrogen and oxygen atoms in total. The molecule has 0 radical (unpaired) electrons. The van der Waals surface area contributed by atoms with Crippen LogP contribution in [0.3, 0.4) is 0 Å². The third kappa shape index (κ3) is 4.30. The van der Waals surface area contributed by atoms with Gasteiger partial charge >= 0.3 is 5.69 Å². The molecule has 0 atom stereocenters. The molecule has 34 heavy (non-hydrogen) atoms. The molecule has 1 aliphatic carbocycles. The summed E-state index contributed by atoms with van der Waals surface area (Å²) in [6, 6.07) is 11.9. The molecule has 8 heteroatoms. The molecule has 0 unspecified atom stereocenters. The summed E-state index contributed by atoms with van der Waals surface area (Å²) in [6.07, 6.45) is 3.09. The maximum Gasteiger partial charge on any atom is 0.326 e. The van der Waals surface area contributed by atoms with Gasteiger partial charge in [-0.2, -0.15) is 0 Å². The van der Waals surface area contributed by atoms with E-state index in [0.29, 0.717) is 13.2 Å². The highest BCUT2D eigenvalue weighted by molar-refractivity contribution is 5.93. The van der Waals surface area contributed by atoms with Gasteiger partial charge in [0.2, 0.25) is 5.91 Å². The number of aryl methyl sites for hydroxylation is 1. The van der Waals surface area contributed by atoms with Crippen molar-refractivity contribution >= 4 is 28.3 Å². The van der Waals surface area contributed by atoms with Crippen LogP contribution in [0.4, 0.5) is 11.4 Å². The SMILES string of the molecule is COc1cc(NC(=O)[C@H]2CC[C@@H](n3c(=O)[nH]c4c(N5CCOCC5)cccc43)CC2)ccc1C. The monoisotopic (exact) mass is 464 g/mol. The van der Waals surface area contributed by atoms with Crippen LogP contribution in [0, 0.1) is 12.8 Å². The molecule has 2 heterocycles. The number of para-hydroxylation sites is 1. The van der Waals surface area contributed by atoms with E-state index in [-0.39, 0.29) is 23.6 Å². The Labute approximate surface area is 198 Å². The highest BCUT2D eigenvalue weighted by Crippen LogP contribution is 2.35. The number of methoxy groups -OCH3 is 1. The first-order chi connectivity index (χ1) is 16.5. The fraction of sp³-hybridized carbons (Fsp3) is 0.462. The third-order valence-corrected chi connectivity index (χ3v) is 7.19. The number of fused-ring (bicyclic) bond motifs is 1. The lowest BCUT2D eigenvalue weighted by Gasteiger charge is -2.30. The number of imidazole rings is 1. The number of nitrogens with one attached hydrogen (secondary N) is 2. The minimum atomic E-state index is -0.0737. The van der Waals surface area contributed by atoms with Gasteiger partial charge in [-0.05, 0) is 56.4 Å². The number of carbonyl (C=O) groups is 1. The topological polar surface area (TPSA) is 88.6 Å². The first-order valence-corrected chi connectivity index (χ1v) is 12.1. The number of ether oxygens (including phenoxy) is 2. The third-order valence-electron chi connectivity index (χ3n) is 7.19. The van der Waals surface area contributed by atoms with Crippen molar-refractivity contribution in [2.45, 2.75) is 38.6 Å². The Morgan fingerprint density at radius 2 is 1.88 bits per heavy atom. The van der Waals surface area contributed by atoms with E-state index in [2.05, 4.69) is 21.3 Å². The summed E-state index contributed by atoms with van der Waals surface area (Å²) in [7, 11) is 1.63. The smallest absolute Gasteiger partial charge is 0.326 e. The summed E-state index contributed by atoms with van der Waals surface area (Å²) in [5.74, 6) is 0.732. The summed E-state index contributed by atoms with van der Waals surface area (Å²) in [6.45, 7) is 5.01. The number of aromatic amines is 1. The molecule has 180 valence electrons. The predicted molar refractivity (Wildman–Crippen MR) is 133 cm³/mol. The molecule has 2 aliphatic rings. The van der Waals surface area contributed by atoms with Crippen molar-refractivity contribution < 1.29 is 14.3 Å². The molecule has 1 saturated heterocycles. The summed E-state index contributed by atoms with van der Waals surface area (Å²) < 4.78 is 12.7. The van der Waals surface area contributed by atoms with Crippen molar-refractivity contribution in [2.24, 2.45) is 5.92 Å². The number of morpholine rings is 1. The lowest BCUT2D eigenvalue weighted by Crippen LogP contribution is -2.36. The second kappa shape index (κ2) is 9.54. The van der Waals surface area contributed by atoms with Gasteiger partial charge in [0, 0.05) is 36.8 Å². The number of hydrogen-bond donors (Lipinski definition) is 2. The number of hydrogen-bond acceptors (Lipinski definition) is 5. The van der Waals surface area contributed by atoms with E-state index in [1.54, 1.807) is 7.11 Å². The zero-order valence-electron chi connectivity index (χ0n) is 19.8. The second-order valence-electron chi connectivity index (χ2n) is 9.25. The van der Waals surface area contributed by atoms with Gasteiger partial charge in [0.15, 0.2) is 0 Å². The maximum absolute atomic E-state index is 13.0. The van der Waals surface area contributed by atoms with Crippen LogP contribution in [0.25, 0.3) is 11.0 Å². The highest BCUT2D eigenvalue weighted by Gasteiger charge is 2.29. The van der Waals surface area contributed by atoms with Crippen LogP contribution in [0.5, 0.6) is 5.75 Å². The second-order valence-corrected chi connectivity index (χ2v) is 9.25. The number of aromatic nitrogens is 2. The van der Waals surface area contributed by atoms with Gasteiger partial charge in [0.05, 0.1) is 37.0 Å². The van der Waals surface area contributed by atoms with Crippen molar-refractivity contribution in [3.05, 3.63) is 52.4 Å². The normalized spacial score (nSPS) is 20.9. The van der Waals surface area contributed by atoms with Crippen molar-refractivity contribution in [1.82, 2.24) is 9.55 Å². The summed E-state index contributed by atoms with van der Waals surface area (Å²) >= 11 is 0. The molecule has 1 amide bonds. The van der Waals surface area contributed by atoms with Crippen molar-refractivity contribution in [3.8, 4) is 5.75 Å². The van der Waals surface area contributed by atoms with Gasteiger partial charge in [-0.3, -0.25) is 9.36 Å². The van der Waals surface area contributed by atoms with Gasteiger partial charge in [0.1, 0.15) is 5.75 Å². The van der Waals surface area contributed by atoms with Crippen LogP contribution in [0.1, 0.15) is 37.3 Å². The quantitative estimate of drug-likeness (QED) is 0.599. The number of amides is 1. The van der Waals surface area contributed by atoms with Gasteiger partial charge in [0.25, 0.3) is 0 Å². The minimum absolute atomic E-state index is 0.0326. The Hall–Kier alpha value is -3.26. The van der Waals surface area contributed by atoms with Gasteiger partial charge < -0.3 is 24.7 Å². The van der Waals surface area contributed by atoms with Crippen LogP contribution in [-0.4, -0.2) is 48.9 Å². The number of rotatable bonds is 5. The van der Waals surface area contributed by atoms with Crippen LogP contribution in [0.2, 0.25) is 0 Å². The average Bonchev–Trinajstić information content (AvgIpc) is 3.21. The molecule has 1 aliphatic heterocycles. The summed E-state index contributed by atoms with van der Waals surface area (Å²) in [5, 5.41) is 3.04. The first kappa shape index (κ1) is 22.5. The predicted octanol–water partition coefficient (Wildman–Crippen LogP) is 3.85. The molecule has 0 bridgehead atoms.